The summed E-state index contributed by atoms with van der Waals surface area (Å²) in [5.74, 6) is 1.55. The number of hydrogen-bond donors (Lipinski definition) is 2. The number of hydrogen-bond acceptors (Lipinski definition) is 4. The van der Waals surface area contributed by atoms with Gasteiger partial charge >= 0.3 is 0 Å². The molecule has 2 N–H and O–H groups in total. The first kappa shape index (κ1) is 23.2. The minimum Gasteiger partial charge on any atom is -0.383 e. The molecule has 0 unspecified atom stereocenters. The number of piperidine rings is 1. The Morgan fingerprint density at radius 3 is 2.69 bits per heavy atom. The Bertz CT molecular complexity index is 654. The van der Waals surface area contributed by atoms with Crippen LogP contribution in [-0.2, 0) is 11.2 Å². The second kappa shape index (κ2) is 12.4. The van der Waals surface area contributed by atoms with Gasteiger partial charge in [-0.25, -0.2) is 0 Å². The van der Waals surface area contributed by atoms with Crippen LogP contribution in [0.5, 0.6) is 0 Å². The van der Waals surface area contributed by atoms with Gasteiger partial charge in [0.15, 0.2) is 5.96 Å². The summed E-state index contributed by atoms with van der Waals surface area (Å²) < 4.78 is 5.17. The van der Waals surface area contributed by atoms with Crippen LogP contribution < -0.4 is 10.6 Å². The molecule has 1 fully saturated rings. The fraction of sp³-hybridized carbons (Fsp3) is 0.636. The number of carbonyl (C=O) groups is 1. The third-order valence-corrected chi connectivity index (χ3v) is 5.39. The van der Waals surface area contributed by atoms with Crippen LogP contribution in [0.1, 0.15) is 28.8 Å². The number of likely N-dealkylation sites (tertiary alicyclic amines) is 1. The van der Waals surface area contributed by atoms with Crippen molar-refractivity contribution < 1.29 is 9.53 Å². The number of benzene rings is 1. The Balaban J connectivity index is 1.69. The van der Waals surface area contributed by atoms with Crippen molar-refractivity contribution in [3.05, 3.63) is 35.4 Å². The van der Waals surface area contributed by atoms with Crippen molar-refractivity contribution in [3.63, 3.8) is 0 Å². The number of rotatable bonds is 9. The maximum absolute atomic E-state index is 12.1. The van der Waals surface area contributed by atoms with Gasteiger partial charge in [0.1, 0.15) is 0 Å². The highest BCUT2D eigenvalue weighted by molar-refractivity contribution is 5.94. The summed E-state index contributed by atoms with van der Waals surface area (Å²) in [5, 5.41) is 6.85. The first-order valence-corrected chi connectivity index (χ1v) is 10.5. The van der Waals surface area contributed by atoms with Crippen LogP contribution >= 0.6 is 0 Å². The largest absolute Gasteiger partial charge is 0.383 e. The summed E-state index contributed by atoms with van der Waals surface area (Å²) in [7, 11) is 7.11. The molecule has 0 aliphatic carbocycles. The van der Waals surface area contributed by atoms with Crippen LogP contribution in [0, 0.1) is 5.92 Å². The topological polar surface area (TPSA) is 69.2 Å². The number of nitrogens with zero attached hydrogens (tertiary/aromatic N) is 3. The maximum Gasteiger partial charge on any atom is 0.253 e. The molecular weight excluding hydrogens is 366 g/mol. The van der Waals surface area contributed by atoms with Crippen LogP contribution in [0.15, 0.2) is 29.3 Å². The molecule has 1 heterocycles. The standard InChI is InChI=1S/C22H37N5O2/c1-23-22(25-17-19-9-12-27(13-10-19)14-15-29-4)24-11-8-18-6-5-7-20(16-18)21(28)26(2)3/h5-7,16,19H,8-15,17H2,1-4H3,(H2,23,24,25). The Labute approximate surface area is 175 Å². The van der Waals surface area contributed by atoms with E-state index >= 15 is 0 Å². The number of guanidine groups is 1. The Morgan fingerprint density at radius 2 is 2.03 bits per heavy atom. The van der Waals surface area contributed by atoms with Crippen molar-refractivity contribution in [3.8, 4) is 0 Å². The van der Waals surface area contributed by atoms with Gasteiger partial charge in [0.2, 0.25) is 0 Å². The molecule has 0 radical (unpaired) electrons. The van der Waals surface area contributed by atoms with Gasteiger partial charge in [-0.1, -0.05) is 12.1 Å². The van der Waals surface area contributed by atoms with E-state index in [9.17, 15) is 4.79 Å². The van der Waals surface area contributed by atoms with Gasteiger partial charge in [-0.15, -0.1) is 0 Å². The normalized spacial score (nSPS) is 15.9. The van der Waals surface area contributed by atoms with E-state index in [1.54, 1.807) is 33.2 Å². The maximum atomic E-state index is 12.1. The number of amides is 1. The Hall–Kier alpha value is -2.12. The zero-order valence-electron chi connectivity index (χ0n) is 18.4. The van der Waals surface area contributed by atoms with Crippen LogP contribution in [0.4, 0.5) is 0 Å². The third-order valence-electron chi connectivity index (χ3n) is 5.39. The molecule has 0 bridgehead atoms. The van der Waals surface area contributed by atoms with E-state index in [1.807, 2.05) is 18.2 Å². The van der Waals surface area contributed by atoms with Crippen molar-refractivity contribution in [2.45, 2.75) is 19.3 Å². The highest BCUT2D eigenvalue weighted by Crippen LogP contribution is 2.16. The zero-order valence-corrected chi connectivity index (χ0v) is 18.4. The molecule has 7 nitrogen and oxygen atoms in total. The van der Waals surface area contributed by atoms with E-state index in [0.717, 1.165) is 62.8 Å². The van der Waals surface area contributed by atoms with E-state index in [4.69, 9.17) is 4.74 Å². The second-order valence-corrected chi connectivity index (χ2v) is 7.81. The van der Waals surface area contributed by atoms with Crippen molar-refractivity contribution in [2.75, 3.05) is 67.6 Å². The van der Waals surface area contributed by atoms with Crippen molar-refractivity contribution >= 4 is 11.9 Å². The van der Waals surface area contributed by atoms with E-state index in [0.29, 0.717) is 5.92 Å². The van der Waals surface area contributed by atoms with E-state index in [2.05, 4.69) is 26.6 Å². The lowest BCUT2D eigenvalue weighted by Gasteiger charge is -2.32. The van der Waals surface area contributed by atoms with E-state index < -0.39 is 0 Å². The smallest absolute Gasteiger partial charge is 0.253 e. The van der Waals surface area contributed by atoms with Gasteiger partial charge in [-0.2, -0.15) is 0 Å². The molecule has 0 saturated carbocycles. The predicted molar refractivity (Wildman–Crippen MR) is 119 cm³/mol. The fourth-order valence-corrected chi connectivity index (χ4v) is 3.54. The van der Waals surface area contributed by atoms with Gasteiger partial charge in [-0.05, 0) is 56.0 Å². The molecule has 7 heteroatoms. The predicted octanol–water partition coefficient (Wildman–Crippen LogP) is 1.45. The quantitative estimate of drug-likeness (QED) is 0.483. The van der Waals surface area contributed by atoms with Gasteiger partial charge in [0.25, 0.3) is 5.91 Å². The van der Waals surface area contributed by atoms with E-state index in [-0.39, 0.29) is 5.91 Å². The molecular formula is C22H37N5O2. The molecule has 1 amide bonds. The molecule has 1 aromatic carbocycles. The lowest BCUT2D eigenvalue weighted by atomic mass is 9.97. The first-order chi connectivity index (χ1) is 14.0. The summed E-state index contributed by atoms with van der Waals surface area (Å²) in [5.41, 5.74) is 1.87. The van der Waals surface area contributed by atoms with Crippen molar-refractivity contribution in [1.29, 1.82) is 0 Å². The van der Waals surface area contributed by atoms with Crippen LogP contribution in [-0.4, -0.2) is 89.3 Å². The van der Waals surface area contributed by atoms with Gasteiger partial charge in [0.05, 0.1) is 6.61 Å². The molecule has 1 aromatic rings. The molecule has 0 aromatic heterocycles. The molecule has 0 atom stereocenters. The summed E-state index contributed by atoms with van der Waals surface area (Å²) >= 11 is 0. The van der Waals surface area contributed by atoms with Crippen LogP contribution in [0.25, 0.3) is 0 Å². The lowest BCUT2D eigenvalue weighted by molar-refractivity contribution is 0.0827. The number of carbonyl (C=O) groups excluding carboxylic acids is 1. The number of aliphatic imine (C=N–C) groups is 1. The minimum atomic E-state index is 0.0329. The highest BCUT2D eigenvalue weighted by Gasteiger charge is 2.19. The van der Waals surface area contributed by atoms with Crippen molar-refractivity contribution in [2.24, 2.45) is 10.9 Å². The minimum absolute atomic E-state index is 0.0329. The number of ether oxygens (including phenoxy) is 1. The number of methoxy groups -OCH3 is 1. The first-order valence-electron chi connectivity index (χ1n) is 10.5. The third kappa shape index (κ3) is 8.03. The molecule has 162 valence electrons. The zero-order chi connectivity index (χ0) is 21.1. The second-order valence-electron chi connectivity index (χ2n) is 7.81. The average molecular weight is 404 g/mol. The average Bonchev–Trinajstić information content (AvgIpc) is 2.75. The Morgan fingerprint density at radius 1 is 1.28 bits per heavy atom. The lowest BCUT2D eigenvalue weighted by Crippen LogP contribution is -2.43. The molecule has 1 aliphatic heterocycles. The van der Waals surface area contributed by atoms with E-state index in [1.165, 1.54) is 12.8 Å². The fourth-order valence-electron chi connectivity index (χ4n) is 3.54. The van der Waals surface area contributed by atoms with Crippen molar-refractivity contribution in [1.82, 2.24) is 20.4 Å². The summed E-state index contributed by atoms with van der Waals surface area (Å²) in [6.07, 6.45) is 3.26. The molecule has 0 spiro atoms. The summed E-state index contributed by atoms with van der Waals surface area (Å²) in [6, 6.07) is 7.83. The van der Waals surface area contributed by atoms with Gasteiger partial charge in [0, 0.05) is 53.5 Å². The molecule has 2 rings (SSSR count). The molecule has 29 heavy (non-hydrogen) atoms. The van der Waals surface area contributed by atoms with Gasteiger partial charge < -0.3 is 25.2 Å². The SMILES string of the molecule is CN=C(NCCc1cccc(C(=O)N(C)C)c1)NCC1CCN(CCOC)CC1. The summed E-state index contributed by atoms with van der Waals surface area (Å²) in [6.45, 7) is 5.85. The van der Waals surface area contributed by atoms with Crippen LogP contribution in [0.3, 0.4) is 0 Å². The van der Waals surface area contributed by atoms with Gasteiger partial charge in [-0.3, -0.25) is 9.79 Å². The van der Waals surface area contributed by atoms with Crippen LogP contribution in [0.2, 0.25) is 0 Å². The summed E-state index contributed by atoms with van der Waals surface area (Å²) in [4.78, 5) is 20.5. The Kier molecular flexibility index (Phi) is 9.94. The molecule has 1 saturated heterocycles. The number of nitrogens with one attached hydrogen (secondary N) is 2. The highest BCUT2D eigenvalue weighted by atomic mass is 16.5. The molecule has 1 aliphatic rings. The monoisotopic (exact) mass is 403 g/mol.